The Hall–Kier alpha value is -1.96. The zero-order valence-electron chi connectivity index (χ0n) is 17.1. The van der Waals surface area contributed by atoms with Crippen LogP contribution in [0, 0.1) is 17.8 Å². The van der Waals surface area contributed by atoms with Crippen LogP contribution in [0.3, 0.4) is 0 Å². The molecule has 0 radical (unpaired) electrons. The molecule has 4 heterocycles. The van der Waals surface area contributed by atoms with Gasteiger partial charge in [-0.1, -0.05) is 25.4 Å². The average Bonchev–Trinajstić information content (AvgIpc) is 3.42. The second kappa shape index (κ2) is 7.04. The molecule has 2 N–H and O–H groups in total. The first-order chi connectivity index (χ1) is 14.3. The Balaban J connectivity index is 1.59. The largest absolute Gasteiger partial charge is 0.376 e. The van der Waals surface area contributed by atoms with Crippen molar-refractivity contribution >= 4 is 35.0 Å². The second-order valence-corrected chi connectivity index (χ2v) is 9.69. The summed E-state index contributed by atoms with van der Waals surface area (Å²) in [6, 6.07) is 4.93. The highest BCUT2D eigenvalue weighted by molar-refractivity contribution is 6.31. The third-order valence-corrected chi connectivity index (χ3v) is 7.14. The minimum Gasteiger partial charge on any atom is -0.376 e. The van der Waals surface area contributed by atoms with E-state index in [9.17, 15) is 14.4 Å². The standard InChI is InChI=1S/C22H26ClN3O4/c1-11(2)8-16-17-18(20(28)26(19(17)27)10-13-4-3-7-30-13)22(25-16)14-9-12(23)5-6-15(14)24-21(22)29/h5-6,9,11,13,16-18,25H,3-4,7-8,10H2,1-2H3,(H,24,29)/t13-,16+,17+,18-,22-/m1/s1. The molecule has 4 aliphatic heterocycles. The molecule has 5 atom stereocenters. The van der Waals surface area contributed by atoms with E-state index in [0.717, 1.165) is 12.8 Å². The van der Waals surface area contributed by atoms with Gasteiger partial charge >= 0.3 is 0 Å². The lowest BCUT2D eigenvalue weighted by atomic mass is 9.76. The molecule has 0 bridgehead atoms. The number of halogens is 1. The van der Waals surface area contributed by atoms with Crippen LogP contribution in [0.1, 0.15) is 38.7 Å². The van der Waals surface area contributed by atoms with Crippen molar-refractivity contribution in [1.82, 2.24) is 10.2 Å². The van der Waals surface area contributed by atoms with Gasteiger partial charge in [0.15, 0.2) is 0 Å². The molecule has 1 aromatic carbocycles. The second-order valence-electron chi connectivity index (χ2n) is 9.26. The summed E-state index contributed by atoms with van der Waals surface area (Å²) in [5.74, 6) is -1.83. The lowest BCUT2D eigenvalue weighted by molar-refractivity contribution is -0.144. The summed E-state index contributed by atoms with van der Waals surface area (Å²) >= 11 is 6.26. The Bertz CT molecular complexity index is 929. The molecule has 3 amide bonds. The maximum Gasteiger partial charge on any atom is 0.250 e. The van der Waals surface area contributed by atoms with Crippen LogP contribution in [-0.2, 0) is 24.7 Å². The lowest BCUT2D eigenvalue weighted by Gasteiger charge is -2.30. The van der Waals surface area contributed by atoms with Crippen LogP contribution in [0.5, 0.6) is 0 Å². The monoisotopic (exact) mass is 431 g/mol. The molecular formula is C22H26ClN3O4. The minimum atomic E-state index is -1.28. The van der Waals surface area contributed by atoms with Crippen molar-refractivity contribution in [2.75, 3.05) is 18.5 Å². The molecule has 4 aliphatic rings. The van der Waals surface area contributed by atoms with Gasteiger partial charge in [0.25, 0.3) is 0 Å². The van der Waals surface area contributed by atoms with Crippen molar-refractivity contribution in [3.63, 3.8) is 0 Å². The number of carbonyl (C=O) groups is 3. The number of ether oxygens (including phenoxy) is 1. The number of carbonyl (C=O) groups excluding carboxylic acids is 3. The topological polar surface area (TPSA) is 87.7 Å². The zero-order valence-corrected chi connectivity index (χ0v) is 17.9. The average molecular weight is 432 g/mol. The molecule has 1 aromatic rings. The highest BCUT2D eigenvalue weighted by Gasteiger charge is 2.70. The molecule has 30 heavy (non-hydrogen) atoms. The Labute approximate surface area is 180 Å². The van der Waals surface area contributed by atoms with Gasteiger partial charge < -0.3 is 10.1 Å². The van der Waals surface area contributed by atoms with E-state index < -0.39 is 17.4 Å². The number of benzene rings is 1. The lowest BCUT2D eigenvalue weighted by Crippen LogP contribution is -2.53. The van der Waals surface area contributed by atoms with Crippen molar-refractivity contribution in [3.8, 4) is 0 Å². The van der Waals surface area contributed by atoms with Crippen molar-refractivity contribution in [1.29, 1.82) is 0 Å². The molecule has 0 aliphatic carbocycles. The number of imide groups is 1. The fourth-order valence-corrected chi connectivity index (χ4v) is 5.89. The quantitative estimate of drug-likeness (QED) is 0.714. The van der Waals surface area contributed by atoms with Crippen LogP contribution in [0.15, 0.2) is 18.2 Å². The number of amides is 3. The van der Waals surface area contributed by atoms with Gasteiger partial charge in [-0.25, -0.2) is 0 Å². The van der Waals surface area contributed by atoms with Crippen molar-refractivity contribution in [3.05, 3.63) is 28.8 Å². The highest BCUT2D eigenvalue weighted by atomic mass is 35.5. The normalized spacial score (nSPS) is 34.9. The number of hydrogen-bond donors (Lipinski definition) is 2. The molecule has 7 nitrogen and oxygen atoms in total. The number of nitrogens with zero attached hydrogens (tertiary/aromatic N) is 1. The van der Waals surface area contributed by atoms with Crippen molar-refractivity contribution in [2.24, 2.45) is 17.8 Å². The summed E-state index contributed by atoms with van der Waals surface area (Å²) in [7, 11) is 0. The molecule has 160 valence electrons. The van der Waals surface area contributed by atoms with Crippen LogP contribution >= 0.6 is 11.6 Å². The van der Waals surface area contributed by atoms with E-state index in [4.69, 9.17) is 16.3 Å². The summed E-state index contributed by atoms with van der Waals surface area (Å²) in [4.78, 5) is 41.7. The Morgan fingerprint density at radius 1 is 1.27 bits per heavy atom. The van der Waals surface area contributed by atoms with E-state index in [2.05, 4.69) is 24.5 Å². The third kappa shape index (κ3) is 2.75. The molecular weight excluding hydrogens is 406 g/mol. The van der Waals surface area contributed by atoms with E-state index >= 15 is 0 Å². The molecule has 0 aromatic heterocycles. The summed E-state index contributed by atoms with van der Waals surface area (Å²) in [5, 5.41) is 6.83. The van der Waals surface area contributed by atoms with Crippen molar-refractivity contribution < 1.29 is 19.1 Å². The Kier molecular flexibility index (Phi) is 4.69. The van der Waals surface area contributed by atoms with Gasteiger partial charge in [-0.05, 0) is 43.4 Å². The smallest absolute Gasteiger partial charge is 0.250 e. The predicted molar refractivity (Wildman–Crippen MR) is 111 cm³/mol. The van der Waals surface area contributed by atoms with Gasteiger partial charge in [0.1, 0.15) is 5.54 Å². The van der Waals surface area contributed by atoms with Gasteiger partial charge in [0.2, 0.25) is 17.7 Å². The van der Waals surface area contributed by atoms with Gasteiger partial charge in [-0.3, -0.25) is 24.6 Å². The van der Waals surface area contributed by atoms with Crippen LogP contribution in [0.2, 0.25) is 5.02 Å². The van der Waals surface area contributed by atoms with E-state index in [-0.39, 0.29) is 36.4 Å². The Morgan fingerprint density at radius 3 is 2.77 bits per heavy atom. The number of anilines is 1. The summed E-state index contributed by atoms with van der Waals surface area (Å²) in [6.07, 6.45) is 2.34. The van der Waals surface area contributed by atoms with Crippen LogP contribution in [0.4, 0.5) is 5.69 Å². The van der Waals surface area contributed by atoms with Gasteiger partial charge in [-0.2, -0.15) is 0 Å². The molecule has 5 rings (SSSR count). The number of nitrogens with one attached hydrogen (secondary N) is 2. The number of rotatable bonds is 4. The zero-order chi connectivity index (χ0) is 21.2. The fraction of sp³-hybridized carbons (Fsp3) is 0.591. The van der Waals surface area contributed by atoms with Crippen LogP contribution in [0.25, 0.3) is 0 Å². The van der Waals surface area contributed by atoms with E-state index in [1.165, 1.54) is 4.90 Å². The third-order valence-electron chi connectivity index (χ3n) is 6.90. The number of hydrogen-bond acceptors (Lipinski definition) is 5. The molecule has 3 fully saturated rings. The molecule has 0 unspecified atom stereocenters. The fourth-order valence-electron chi connectivity index (χ4n) is 5.72. The maximum atomic E-state index is 13.6. The van der Waals surface area contributed by atoms with E-state index in [1.807, 2.05) is 0 Å². The minimum absolute atomic E-state index is 0.122. The first-order valence-corrected chi connectivity index (χ1v) is 11.1. The summed E-state index contributed by atoms with van der Waals surface area (Å²) < 4.78 is 5.68. The number of fused-ring (bicyclic) bond motifs is 4. The molecule has 8 heteroatoms. The maximum absolute atomic E-state index is 13.6. The molecule has 3 saturated heterocycles. The van der Waals surface area contributed by atoms with Gasteiger partial charge in [0, 0.05) is 28.9 Å². The van der Waals surface area contributed by atoms with Crippen LogP contribution < -0.4 is 10.6 Å². The number of likely N-dealkylation sites (tertiary alicyclic amines) is 1. The predicted octanol–water partition coefficient (Wildman–Crippen LogP) is 2.29. The Morgan fingerprint density at radius 2 is 2.07 bits per heavy atom. The first kappa shape index (κ1) is 20.0. The summed E-state index contributed by atoms with van der Waals surface area (Å²) in [5.41, 5.74) is 0.0164. The SMILES string of the molecule is CC(C)C[C@@H]1N[C@@]2(C(=O)Nc3ccc(Cl)cc32)[C@H]2C(=O)N(C[C@H]3CCCO3)C(=O)[C@@H]12. The van der Waals surface area contributed by atoms with Gasteiger partial charge in [-0.15, -0.1) is 0 Å². The first-order valence-electron chi connectivity index (χ1n) is 10.7. The van der Waals surface area contributed by atoms with E-state index in [0.29, 0.717) is 35.2 Å². The molecule has 1 spiro atoms. The highest BCUT2D eigenvalue weighted by Crippen LogP contribution is 2.54. The van der Waals surface area contributed by atoms with Crippen molar-refractivity contribution in [2.45, 2.75) is 50.8 Å². The van der Waals surface area contributed by atoms with Crippen LogP contribution in [-0.4, -0.2) is 47.9 Å². The summed E-state index contributed by atoms with van der Waals surface area (Å²) in [6.45, 7) is 5.07. The van der Waals surface area contributed by atoms with E-state index in [1.54, 1.807) is 18.2 Å². The van der Waals surface area contributed by atoms with Gasteiger partial charge in [0.05, 0.1) is 24.5 Å². The molecule has 0 saturated carbocycles.